The highest BCUT2D eigenvalue weighted by atomic mass is 79.9. The van der Waals surface area contributed by atoms with Gasteiger partial charge >= 0.3 is 5.97 Å². The van der Waals surface area contributed by atoms with Gasteiger partial charge in [0, 0.05) is 7.05 Å². The number of aromatic nitrogens is 5. The number of methoxy groups -OCH3 is 1. The molecule has 2 aromatic rings. The van der Waals surface area contributed by atoms with Crippen LogP contribution in [0.15, 0.2) is 21.8 Å². The number of nitrogens with one attached hydrogen (secondary N) is 1. The molecule has 0 aliphatic carbocycles. The van der Waals surface area contributed by atoms with Gasteiger partial charge in [-0.05, 0) is 15.9 Å². The molecule has 0 radical (unpaired) electrons. The van der Waals surface area contributed by atoms with Crippen molar-refractivity contribution in [3.8, 4) is 0 Å². The number of esters is 1. The first-order chi connectivity index (χ1) is 10.0. The third kappa shape index (κ3) is 3.66. The average Bonchev–Trinajstić information content (AvgIpc) is 2.88. The third-order valence-electron chi connectivity index (χ3n) is 2.58. The molecule has 0 fully saturated rings. The Morgan fingerprint density at radius 1 is 1.52 bits per heavy atom. The summed E-state index contributed by atoms with van der Waals surface area (Å²) in [5, 5.41) is 11.0. The van der Waals surface area contributed by atoms with Crippen LogP contribution in [0.3, 0.4) is 0 Å². The van der Waals surface area contributed by atoms with Crippen LogP contribution in [0.5, 0.6) is 0 Å². The molecule has 0 aliphatic heterocycles. The normalized spacial score (nSPS) is 10.4. The molecule has 2 aromatic heterocycles. The number of carbonyl (C=O) groups is 1. The molecule has 9 nitrogen and oxygen atoms in total. The highest BCUT2D eigenvalue weighted by Crippen LogP contribution is 2.16. The molecule has 0 amide bonds. The minimum absolute atomic E-state index is 0.240. The van der Waals surface area contributed by atoms with Gasteiger partial charge in [-0.1, -0.05) is 0 Å². The van der Waals surface area contributed by atoms with Crippen molar-refractivity contribution in [3.63, 3.8) is 0 Å². The smallest absolute Gasteiger partial charge is 0.327 e. The molecule has 0 aromatic carbocycles. The highest BCUT2D eigenvalue weighted by Gasteiger charge is 2.12. The summed E-state index contributed by atoms with van der Waals surface area (Å²) in [5.41, 5.74) is 0.0629. The first kappa shape index (κ1) is 15.2. The Morgan fingerprint density at radius 2 is 2.29 bits per heavy atom. The number of carbonyl (C=O) groups excluding carboxylic acids is 1. The van der Waals surface area contributed by atoms with E-state index < -0.39 is 11.5 Å². The fourth-order valence-corrected chi connectivity index (χ4v) is 1.97. The Labute approximate surface area is 128 Å². The molecule has 1 N–H and O–H groups in total. The summed E-state index contributed by atoms with van der Waals surface area (Å²) in [6.45, 7) is 0.109. The van der Waals surface area contributed by atoms with Crippen molar-refractivity contribution < 1.29 is 9.53 Å². The van der Waals surface area contributed by atoms with Gasteiger partial charge in [0.25, 0.3) is 5.56 Å². The van der Waals surface area contributed by atoms with E-state index in [1.807, 2.05) is 0 Å². The van der Waals surface area contributed by atoms with Gasteiger partial charge in [-0.3, -0.25) is 14.3 Å². The zero-order chi connectivity index (χ0) is 15.4. The highest BCUT2D eigenvalue weighted by molar-refractivity contribution is 9.10. The van der Waals surface area contributed by atoms with Gasteiger partial charge in [-0.25, -0.2) is 9.67 Å². The van der Waals surface area contributed by atoms with E-state index >= 15 is 0 Å². The first-order valence-corrected chi connectivity index (χ1v) is 6.71. The Balaban J connectivity index is 2.13. The zero-order valence-electron chi connectivity index (χ0n) is 11.4. The lowest BCUT2D eigenvalue weighted by molar-refractivity contribution is -0.141. The lowest BCUT2D eigenvalue weighted by atomic mass is 10.4. The van der Waals surface area contributed by atoms with Crippen molar-refractivity contribution in [3.05, 3.63) is 33.2 Å². The topological polar surface area (TPSA) is 104 Å². The van der Waals surface area contributed by atoms with Gasteiger partial charge in [0.05, 0.1) is 25.5 Å². The number of halogens is 1. The molecular weight excluding hydrogens is 344 g/mol. The number of aryl methyl sites for hydroxylation is 1. The largest absolute Gasteiger partial charge is 0.468 e. The fourth-order valence-electron chi connectivity index (χ4n) is 1.53. The molecule has 0 atom stereocenters. The van der Waals surface area contributed by atoms with Gasteiger partial charge in [-0.2, -0.15) is 10.2 Å². The summed E-state index contributed by atoms with van der Waals surface area (Å²) < 4.78 is 7.37. The number of anilines is 1. The van der Waals surface area contributed by atoms with E-state index in [1.54, 1.807) is 18.1 Å². The number of hydrogen-bond donors (Lipinski definition) is 1. The van der Waals surface area contributed by atoms with Gasteiger partial charge in [0.1, 0.15) is 17.3 Å². The van der Waals surface area contributed by atoms with Crippen LogP contribution in [-0.4, -0.2) is 37.6 Å². The van der Waals surface area contributed by atoms with Crippen LogP contribution < -0.4 is 10.9 Å². The van der Waals surface area contributed by atoms with E-state index in [4.69, 9.17) is 0 Å². The van der Waals surface area contributed by atoms with Gasteiger partial charge in [0.2, 0.25) is 0 Å². The van der Waals surface area contributed by atoms with Crippen molar-refractivity contribution >= 4 is 27.6 Å². The maximum absolute atomic E-state index is 12.0. The summed E-state index contributed by atoms with van der Waals surface area (Å²) in [7, 11) is 3.01. The molecule has 0 saturated carbocycles. The van der Waals surface area contributed by atoms with Crippen LogP contribution in [0.2, 0.25) is 0 Å². The average molecular weight is 357 g/mol. The second-order valence-electron chi connectivity index (χ2n) is 4.10. The van der Waals surface area contributed by atoms with Crippen molar-refractivity contribution in [1.82, 2.24) is 24.5 Å². The molecule has 0 spiro atoms. The van der Waals surface area contributed by atoms with Crippen molar-refractivity contribution in [1.29, 1.82) is 0 Å². The predicted molar refractivity (Wildman–Crippen MR) is 76.5 cm³/mol. The number of rotatable bonds is 5. The van der Waals surface area contributed by atoms with Crippen LogP contribution in [0.25, 0.3) is 0 Å². The van der Waals surface area contributed by atoms with Gasteiger partial charge < -0.3 is 10.1 Å². The summed E-state index contributed by atoms with van der Waals surface area (Å²) in [6, 6.07) is 0. The molecule has 0 aliphatic rings. The van der Waals surface area contributed by atoms with E-state index in [2.05, 4.69) is 41.2 Å². The molecule has 0 bridgehead atoms. The van der Waals surface area contributed by atoms with Crippen LogP contribution in [0, 0.1) is 0 Å². The summed E-state index contributed by atoms with van der Waals surface area (Å²) >= 11 is 3.19. The monoisotopic (exact) mass is 356 g/mol. The van der Waals surface area contributed by atoms with Crippen LogP contribution >= 0.6 is 15.9 Å². The minimum atomic E-state index is -0.546. The standard InChI is InChI=1S/C11H13BrN6O3/c1-17-6-14-8(16-17)4-13-7-3-15-18(5-9(19)21-2)11(20)10(7)12/h3,6,13H,4-5H2,1-2H3. The maximum atomic E-state index is 12.0. The van der Waals surface area contributed by atoms with Gasteiger partial charge in [-0.15, -0.1) is 0 Å². The van der Waals surface area contributed by atoms with E-state index in [-0.39, 0.29) is 11.0 Å². The van der Waals surface area contributed by atoms with Crippen LogP contribution in [0.4, 0.5) is 5.69 Å². The van der Waals surface area contributed by atoms with Crippen LogP contribution in [0.1, 0.15) is 5.82 Å². The number of nitrogens with zero attached hydrogens (tertiary/aromatic N) is 5. The molecule has 2 heterocycles. The van der Waals surface area contributed by atoms with Crippen molar-refractivity contribution in [2.45, 2.75) is 13.1 Å². The molecule has 2 rings (SSSR count). The van der Waals surface area contributed by atoms with Crippen molar-refractivity contribution in [2.24, 2.45) is 7.05 Å². The quantitative estimate of drug-likeness (QED) is 0.747. The molecule has 0 saturated heterocycles. The lowest BCUT2D eigenvalue weighted by Crippen LogP contribution is -2.28. The van der Waals surface area contributed by atoms with E-state index in [0.717, 1.165) is 4.68 Å². The predicted octanol–water partition coefficient (Wildman–Crippen LogP) is -0.0806. The number of hydrogen-bond acceptors (Lipinski definition) is 7. The number of ether oxygens (including phenoxy) is 1. The first-order valence-electron chi connectivity index (χ1n) is 5.92. The second-order valence-corrected chi connectivity index (χ2v) is 4.89. The zero-order valence-corrected chi connectivity index (χ0v) is 13.0. The SMILES string of the molecule is COC(=O)Cn1ncc(NCc2ncn(C)n2)c(Br)c1=O. The van der Waals surface area contributed by atoms with E-state index in [9.17, 15) is 9.59 Å². The van der Waals surface area contributed by atoms with E-state index in [0.29, 0.717) is 18.1 Å². The third-order valence-corrected chi connectivity index (χ3v) is 3.34. The maximum Gasteiger partial charge on any atom is 0.327 e. The molecule has 21 heavy (non-hydrogen) atoms. The Kier molecular flexibility index (Phi) is 4.68. The van der Waals surface area contributed by atoms with Gasteiger partial charge in [0.15, 0.2) is 5.82 Å². The Hall–Kier alpha value is -2.23. The fraction of sp³-hybridized carbons (Fsp3) is 0.364. The molecule has 10 heteroatoms. The van der Waals surface area contributed by atoms with Crippen molar-refractivity contribution in [2.75, 3.05) is 12.4 Å². The summed E-state index contributed by atoms with van der Waals surface area (Å²) in [5.74, 6) is 0.0398. The Morgan fingerprint density at radius 3 is 2.90 bits per heavy atom. The van der Waals surface area contributed by atoms with Crippen LogP contribution in [-0.2, 0) is 29.7 Å². The molecule has 112 valence electrons. The summed E-state index contributed by atoms with van der Waals surface area (Å²) in [4.78, 5) is 27.3. The Bertz CT molecular complexity index is 710. The minimum Gasteiger partial charge on any atom is -0.468 e. The summed E-state index contributed by atoms with van der Waals surface area (Å²) in [6.07, 6.45) is 3.02. The lowest BCUT2D eigenvalue weighted by Gasteiger charge is -2.08. The second kappa shape index (κ2) is 6.48. The van der Waals surface area contributed by atoms with E-state index in [1.165, 1.54) is 13.3 Å². The molecule has 0 unspecified atom stereocenters. The molecular formula is C11H13BrN6O3.